The first kappa shape index (κ1) is 16.2. The predicted molar refractivity (Wildman–Crippen MR) is 77.9 cm³/mol. The molecule has 7 heteroatoms. The summed E-state index contributed by atoms with van der Waals surface area (Å²) >= 11 is 5.93. The molecular formula is C15H13ClF2N2O2. The minimum Gasteiger partial charge on any atom is -0.493 e. The highest BCUT2D eigenvalue weighted by molar-refractivity contribution is 6.33. The Morgan fingerprint density at radius 1 is 1.32 bits per heavy atom. The third kappa shape index (κ3) is 3.71. The van der Waals surface area contributed by atoms with Gasteiger partial charge in [0.05, 0.1) is 6.61 Å². The van der Waals surface area contributed by atoms with Gasteiger partial charge in [-0.25, -0.2) is 13.8 Å². The SMILES string of the molecule is CCOc1ccnc(Cl)c1C(=O)NCc1ccc(F)c(F)c1. The Hall–Kier alpha value is -2.21. The standard InChI is InChI=1S/C15H13ClF2N2O2/c1-2-22-12-5-6-19-14(16)13(12)15(21)20-8-9-3-4-10(17)11(18)7-9/h3-7H,2,8H2,1H3,(H,20,21). The van der Waals surface area contributed by atoms with Crippen LogP contribution in [0.3, 0.4) is 0 Å². The minimum absolute atomic E-state index is 0.00809. The maximum Gasteiger partial charge on any atom is 0.258 e. The molecular weight excluding hydrogens is 314 g/mol. The fraction of sp³-hybridized carbons (Fsp3) is 0.200. The monoisotopic (exact) mass is 326 g/mol. The van der Waals surface area contributed by atoms with Gasteiger partial charge in [-0.3, -0.25) is 4.79 Å². The molecule has 1 amide bonds. The number of carbonyl (C=O) groups excluding carboxylic acids is 1. The summed E-state index contributed by atoms with van der Waals surface area (Å²) < 4.78 is 31.3. The molecule has 2 rings (SSSR count). The number of amides is 1. The van der Waals surface area contributed by atoms with Crippen molar-refractivity contribution in [3.05, 3.63) is 58.4 Å². The van der Waals surface area contributed by atoms with Crippen LogP contribution in [0.25, 0.3) is 0 Å². The molecule has 0 bridgehead atoms. The van der Waals surface area contributed by atoms with Crippen LogP contribution in [0.15, 0.2) is 30.5 Å². The summed E-state index contributed by atoms with van der Waals surface area (Å²) in [6.45, 7) is 2.16. The molecule has 4 nitrogen and oxygen atoms in total. The largest absolute Gasteiger partial charge is 0.493 e. The lowest BCUT2D eigenvalue weighted by atomic mass is 10.2. The van der Waals surface area contributed by atoms with Crippen LogP contribution in [0.5, 0.6) is 5.75 Å². The van der Waals surface area contributed by atoms with Gasteiger partial charge in [0.25, 0.3) is 5.91 Å². The first-order valence-electron chi connectivity index (χ1n) is 6.52. The van der Waals surface area contributed by atoms with Crippen molar-refractivity contribution in [3.63, 3.8) is 0 Å². The zero-order valence-electron chi connectivity index (χ0n) is 11.7. The summed E-state index contributed by atoms with van der Waals surface area (Å²) in [4.78, 5) is 16.0. The van der Waals surface area contributed by atoms with Crippen LogP contribution in [0, 0.1) is 11.6 Å². The van der Waals surface area contributed by atoms with Gasteiger partial charge in [0.2, 0.25) is 0 Å². The molecule has 2 aromatic rings. The normalized spacial score (nSPS) is 10.4. The summed E-state index contributed by atoms with van der Waals surface area (Å²) in [5.41, 5.74) is 0.527. The van der Waals surface area contributed by atoms with Crippen LogP contribution in [0.4, 0.5) is 8.78 Å². The van der Waals surface area contributed by atoms with E-state index in [0.717, 1.165) is 12.1 Å². The molecule has 0 fully saturated rings. The van der Waals surface area contributed by atoms with Gasteiger partial charge in [-0.1, -0.05) is 17.7 Å². The highest BCUT2D eigenvalue weighted by Gasteiger charge is 2.17. The number of ether oxygens (including phenoxy) is 1. The summed E-state index contributed by atoms with van der Waals surface area (Å²) in [5.74, 6) is -2.11. The third-order valence-corrected chi connectivity index (χ3v) is 3.12. The van der Waals surface area contributed by atoms with Crippen molar-refractivity contribution in [3.8, 4) is 5.75 Å². The number of nitrogens with one attached hydrogen (secondary N) is 1. The molecule has 1 aromatic carbocycles. The van der Waals surface area contributed by atoms with E-state index in [1.54, 1.807) is 6.92 Å². The average Bonchev–Trinajstić information content (AvgIpc) is 2.49. The molecule has 0 unspecified atom stereocenters. The number of hydrogen-bond donors (Lipinski definition) is 1. The highest BCUT2D eigenvalue weighted by Crippen LogP contribution is 2.24. The second kappa shape index (κ2) is 7.17. The third-order valence-electron chi connectivity index (χ3n) is 2.83. The van der Waals surface area contributed by atoms with Gasteiger partial charge < -0.3 is 10.1 Å². The van der Waals surface area contributed by atoms with Crippen molar-refractivity contribution in [1.82, 2.24) is 10.3 Å². The number of rotatable bonds is 5. The molecule has 0 saturated heterocycles. The lowest BCUT2D eigenvalue weighted by Crippen LogP contribution is -2.24. The van der Waals surface area contributed by atoms with Gasteiger partial charge in [0, 0.05) is 12.7 Å². The lowest BCUT2D eigenvalue weighted by molar-refractivity contribution is 0.0947. The predicted octanol–water partition coefficient (Wildman–Crippen LogP) is 3.34. The van der Waals surface area contributed by atoms with Gasteiger partial charge in [-0.2, -0.15) is 0 Å². The molecule has 0 radical (unpaired) electrons. The van der Waals surface area contributed by atoms with Crippen molar-refractivity contribution in [2.24, 2.45) is 0 Å². The van der Waals surface area contributed by atoms with Gasteiger partial charge in [-0.15, -0.1) is 0 Å². The smallest absolute Gasteiger partial charge is 0.258 e. The van der Waals surface area contributed by atoms with Crippen molar-refractivity contribution in [1.29, 1.82) is 0 Å². The number of pyridine rings is 1. The van der Waals surface area contributed by atoms with Gasteiger partial charge >= 0.3 is 0 Å². The van der Waals surface area contributed by atoms with Crippen LogP contribution in [-0.4, -0.2) is 17.5 Å². The van der Waals surface area contributed by atoms with E-state index in [1.807, 2.05) is 0 Å². The molecule has 116 valence electrons. The van der Waals surface area contributed by atoms with E-state index >= 15 is 0 Å². The average molecular weight is 327 g/mol. The summed E-state index contributed by atoms with van der Waals surface area (Å²) in [7, 11) is 0. The summed E-state index contributed by atoms with van der Waals surface area (Å²) in [6, 6.07) is 4.93. The van der Waals surface area contributed by atoms with Crippen molar-refractivity contribution in [2.75, 3.05) is 6.61 Å². The highest BCUT2D eigenvalue weighted by atomic mass is 35.5. The van der Waals surface area contributed by atoms with Crippen LogP contribution in [-0.2, 0) is 6.54 Å². The Labute approximate surface area is 131 Å². The zero-order valence-corrected chi connectivity index (χ0v) is 12.5. The van der Waals surface area contributed by atoms with Crippen molar-refractivity contribution in [2.45, 2.75) is 13.5 Å². The maximum atomic E-state index is 13.1. The lowest BCUT2D eigenvalue weighted by Gasteiger charge is -2.11. The Balaban J connectivity index is 2.14. The molecule has 0 saturated carbocycles. The van der Waals surface area contributed by atoms with E-state index in [1.165, 1.54) is 18.3 Å². The second-order valence-electron chi connectivity index (χ2n) is 4.34. The van der Waals surface area contributed by atoms with Crippen LogP contribution >= 0.6 is 11.6 Å². The van der Waals surface area contributed by atoms with Crippen LogP contribution < -0.4 is 10.1 Å². The zero-order chi connectivity index (χ0) is 16.1. The summed E-state index contributed by atoms with van der Waals surface area (Å²) in [6.07, 6.45) is 1.43. The Morgan fingerprint density at radius 2 is 2.09 bits per heavy atom. The minimum atomic E-state index is -0.971. The van der Waals surface area contributed by atoms with E-state index in [-0.39, 0.29) is 17.3 Å². The number of benzene rings is 1. The molecule has 0 atom stereocenters. The molecule has 0 aliphatic heterocycles. The van der Waals surface area contributed by atoms with E-state index in [2.05, 4.69) is 10.3 Å². The first-order valence-corrected chi connectivity index (χ1v) is 6.90. The maximum absolute atomic E-state index is 13.1. The second-order valence-corrected chi connectivity index (χ2v) is 4.70. The fourth-order valence-corrected chi connectivity index (χ4v) is 2.06. The Bertz CT molecular complexity index is 695. The number of carbonyl (C=O) groups is 1. The molecule has 1 N–H and O–H groups in total. The van der Waals surface area contributed by atoms with E-state index in [4.69, 9.17) is 16.3 Å². The molecule has 22 heavy (non-hydrogen) atoms. The van der Waals surface area contributed by atoms with Crippen LogP contribution in [0.2, 0.25) is 5.15 Å². The summed E-state index contributed by atoms with van der Waals surface area (Å²) in [5, 5.41) is 2.58. The van der Waals surface area contributed by atoms with Crippen molar-refractivity contribution >= 4 is 17.5 Å². The quantitative estimate of drug-likeness (QED) is 0.857. The van der Waals surface area contributed by atoms with Gasteiger partial charge in [-0.05, 0) is 30.7 Å². The number of nitrogens with zero attached hydrogens (tertiary/aromatic N) is 1. The van der Waals surface area contributed by atoms with E-state index in [0.29, 0.717) is 17.9 Å². The van der Waals surface area contributed by atoms with Crippen molar-refractivity contribution < 1.29 is 18.3 Å². The molecule has 0 spiro atoms. The van der Waals surface area contributed by atoms with Crippen LogP contribution in [0.1, 0.15) is 22.8 Å². The van der Waals surface area contributed by atoms with Gasteiger partial charge in [0.15, 0.2) is 11.6 Å². The van der Waals surface area contributed by atoms with E-state index in [9.17, 15) is 13.6 Å². The molecule has 1 aromatic heterocycles. The Kier molecular flexibility index (Phi) is 5.27. The molecule has 0 aliphatic carbocycles. The first-order chi connectivity index (χ1) is 10.5. The number of aromatic nitrogens is 1. The number of halogens is 3. The topological polar surface area (TPSA) is 51.2 Å². The van der Waals surface area contributed by atoms with Gasteiger partial charge in [0.1, 0.15) is 16.5 Å². The fourth-order valence-electron chi connectivity index (χ4n) is 1.82. The number of hydrogen-bond acceptors (Lipinski definition) is 3. The van der Waals surface area contributed by atoms with E-state index < -0.39 is 17.5 Å². The molecule has 0 aliphatic rings. The Morgan fingerprint density at radius 3 is 2.77 bits per heavy atom. The molecule has 1 heterocycles.